The van der Waals surface area contributed by atoms with Crippen LogP contribution in [0.3, 0.4) is 0 Å². The van der Waals surface area contributed by atoms with Crippen LogP contribution in [0.15, 0.2) is 23.0 Å². The van der Waals surface area contributed by atoms with Crippen LogP contribution in [-0.4, -0.2) is 16.7 Å². The van der Waals surface area contributed by atoms with Crippen molar-refractivity contribution in [3.8, 4) is 5.75 Å². The van der Waals surface area contributed by atoms with E-state index >= 15 is 0 Å². The van der Waals surface area contributed by atoms with Crippen molar-refractivity contribution in [1.82, 2.24) is 9.55 Å². The fraction of sp³-hybridized carbons (Fsp3) is 0.364. The Kier molecular flexibility index (Phi) is 2.49. The normalized spacial score (nSPS) is 10.8. The molecule has 0 bridgehead atoms. The highest BCUT2D eigenvalue weighted by molar-refractivity contribution is 5.76. The zero-order chi connectivity index (χ0) is 10.8. The molecule has 0 spiro atoms. The van der Waals surface area contributed by atoms with Crippen LogP contribution in [0.25, 0.3) is 11.0 Å². The smallest absolute Gasteiger partial charge is 0.326 e. The summed E-state index contributed by atoms with van der Waals surface area (Å²) in [7, 11) is 1.62. The van der Waals surface area contributed by atoms with Gasteiger partial charge < -0.3 is 9.72 Å². The summed E-state index contributed by atoms with van der Waals surface area (Å²) in [5.41, 5.74) is 1.70. The Morgan fingerprint density at radius 3 is 2.93 bits per heavy atom. The summed E-state index contributed by atoms with van der Waals surface area (Å²) in [6.45, 7) is 2.78. The van der Waals surface area contributed by atoms with Gasteiger partial charge in [0.1, 0.15) is 5.75 Å². The first-order valence-corrected chi connectivity index (χ1v) is 5.03. The fourth-order valence-corrected chi connectivity index (χ4v) is 1.71. The lowest BCUT2D eigenvalue weighted by Gasteiger charge is -2.02. The second kappa shape index (κ2) is 3.81. The van der Waals surface area contributed by atoms with Crippen LogP contribution in [0.1, 0.15) is 13.3 Å². The zero-order valence-electron chi connectivity index (χ0n) is 8.91. The highest BCUT2D eigenvalue weighted by Gasteiger charge is 2.06. The van der Waals surface area contributed by atoms with Crippen molar-refractivity contribution < 1.29 is 4.74 Å². The first-order valence-electron chi connectivity index (χ1n) is 5.03. The molecule has 4 nitrogen and oxygen atoms in total. The van der Waals surface area contributed by atoms with E-state index in [-0.39, 0.29) is 5.69 Å². The predicted octanol–water partition coefficient (Wildman–Crippen LogP) is 1.75. The molecule has 0 radical (unpaired) electrons. The van der Waals surface area contributed by atoms with E-state index in [1.165, 1.54) is 0 Å². The fourth-order valence-electron chi connectivity index (χ4n) is 1.71. The maximum Gasteiger partial charge on any atom is 0.326 e. The zero-order valence-corrected chi connectivity index (χ0v) is 8.91. The Hall–Kier alpha value is -1.71. The summed E-state index contributed by atoms with van der Waals surface area (Å²) in [6.07, 6.45) is 0.935. The number of H-pyrrole nitrogens is 1. The first-order chi connectivity index (χ1) is 7.26. The molecular weight excluding hydrogens is 192 g/mol. The molecule has 0 fully saturated rings. The standard InChI is InChI=1S/C11H14N2O2/c1-3-6-13-10-7-8(15-2)4-5-9(10)12-11(13)14/h4-5,7H,3,6H2,1-2H3,(H,12,14). The Bertz CT molecular complexity index is 525. The molecule has 0 amide bonds. The molecule has 0 aliphatic carbocycles. The van der Waals surface area contributed by atoms with E-state index in [0.29, 0.717) is 0 Å². The van der Waals surface area contributed by atoms with Gasteiger partial charge in [-0.05, 0) is 18.6 Å². The third-order valence-electron chi connectivity index (χ3n) is 2.43. The van der Waals surface area contributed by atoms with Crippen molar-refractivity contribution >= 4 is 11.0 Å². The van der Waals surface area contributed by atoms with Crippen molar-refractivity contribution in [2.75, 3.05) is 7.11 Å². The van der Waals surface area contributed by atoms with Gasteiger partial charge in [-0.25, -0.2) is 4.79 Å². The van der Waals surface area contributed by atoms with Crippen molar-refractivity contribution in [3.63, 3.8) is 0 Å². The molecule has 0 unspecified atom stereocenters. The molecule has 0 aliphatic heterocycles. The Morgan fingerprint density at radius 1 is 1.47 bits per heavy atom. The number of hydrogen-bond acceptors (Lipinski definition) is 2. The number of benzene rings is 1. The van der Waals surface area contributed by atoms with E-state index in [1.54, 1.807) is 11.7 Å². The van der Waals surface area contributed by atoms with Crippen LogP contribution in [0.4, 0.5) is 0 Å². The molecule has 0 saturated carbocycles. The SMILES string of the molecule is CCCn1c(=O)[nH]c2ccc(OC)cc21. The van der Waals surface area contributed by atoms with E-state index in [9.17, 15) is 4.79 Å². The number of rotatable bonds is 3. The minimum absolute atomic E-state index is 0.0555. The summed E-state index contributed by atoms with van der Waals surface area (Å²) in [4.78, 5) is 14.4. The van der Waals surface area contributed by atoms with Gasteiger partial charge in [-0.1, -0.05) is 6.92 Å². The lowest BCUT2D eigenvalue weighted by molar-refractivity contribution is 0.415. The molecule has 0 saturated heterocycles. The maximum atomic E-state index is 11.6. The number of nitrogens with one attached hydrogen (secondary N) is 1. The first kappa shape index (κ1) is 9.83. The molecule has 2 rings (SSSR count). The van der Waals surface area contributed by atoms with Gasteiger partial charge in [0.2, 0.25) is 0 Å². The highest BCUT2D eigenvalue weighted by atomic mass is 16.5. The van der Waals surface area contributed by atoms with Gasteiger partial charge in [0.15, 0.2) is 0 Å². The quantitative estimate of drug-likeness (QED) is 0.831. The van der Waals surface area contributed by atoms with Gasteiger partial charge in [0.05, 0.1) is 18.1 Å². The van der Waals surface area contributed by atoms with Gasteiger partial charge in [-0.2, -0.15) is 0 Å². The molecule has 1 heterocycles. The van der Waals surface area contributed by atoms with E-state index in [1.807, 2.05) is 25.1 Å². The van der Waals surface area contributed by atoms with Gasteiger partial charge in [0.25, 0.3) is 0 Å². The minimum atomic E-state index is -0.0555. The minimum Gasteiger partial charge on any atom is -0.497 e. The summed E-state index contributed by atoms with van der Waals surface area (Å²) in [5.74, 6) is 0.770. The topological polar surface area (TPSA) is 47.0 Å². The number of fused-ring (bicyclic) bond motifs is 1. The van der Waals surface area contributed by atoms with Gasteiger partial charge >= 0.3 is 5.69 Å². The molecule has 80 valence electrons. The van der Waals surface area contributed by atoms with Crippen LogP contribution in [0.2, 0.25) is 0 Å². The van der Waals surface area contributed by atoms with Crippen LogP contribution >= 0.6 is 0 Å². The highest BCUT2D eigenvalue weighted by Crippen LogP contribution is 2.18. The molecular formula is C11H14N2O2. The molecule has 15 heavy (non-hydrogen) atoms. The molecule has 0 atom stereocenters. The van der Waals surface area contributed by atoms with Crippen LogP contribution in [0.5, 0.6) is 5.75 Å². The number of aromatic amines is 1. The summed E-state index contributed by atoms with van der Waals surface area (Å²) < 4.78 is 6.87. The van der Waals surface area contributed by atoms with E-state index in [0.717, 1.165) is 29.7 Å². The second-order valence-electron chi connectivity index (χ2n) is 3.46. The molecule has 1 N–H and O–H groups in total. The number of nitrogens with zero attached hydrogens (tertiary/aromatic N) is 1. The monoisotopic (exact) mass is 206 g/mol. The van der Waals surface area contributed by atoms with Crippen LogP contribution < -0.4 is 10.4 Å². The summed E-state index contributed by atoms with van der Waals surface area (Å²) in [6, 6.07) is 5.58. The third-order valence-corrected chi connectivity index (χ3v) is 2.43. The van der Waals surface area contributed by atoms with E-state index in [4.69, 9.17) is 4.74 Å². The molecule has 4 heteroatoms. The third kappa shape index (κ3) is 1.63. The van der Waals surface area contributed by atoms with E-state index in [2.05, 4.69) is 4.98 Å². The van der Waals surface area contributed by atoms with Gasteiger partial charge in [-0.3, -0.25) is 4.57 Å². The summed E-state index contributed by atoms with van der Waals surface area (Å²) >= 11 is 0. The Balaban J connectivity index is 2.66. The van der Waals surface area contributed by atoms with Crippen LogP contribution in [0, 0.1) is 0 Å². The number of ether oxygens (including phenoxy) is 1. The molecule has 1 aromatic carbocycles. The number of imidazole rings is 1. The van der Waals surface area contributed by atoms with E-state index < -0.39 is 0 Å². The number of aryl methyl sites for hydroxylation is 1. The lowest BCUT2D eigenvalue weighted by atomic mass is 10.3. The van der Waals surface area contributed by atoms with Crippen molar-refractivity contribution in [1.29, 1.82) is 0 Å². The average molecular weight is 206 g/mol. The molecule has 0 aliphatic rings. The predicted molar refractivity (Wildman–Crippen MR) is 59.4 cm³/mol. The van der Waals surface area contributed by atoms with Crippen molar-refractivity contribution in [3.05, 3.63) is 28.7 Å². The largest absolute Gasteiger partial charge is 0.497 e. The van der Waals surface area contributed by atoms with Gasteiger partial charge in [0, 0.05) is 12.6 Å². The van der Waals surface area contributed by atoms with Crippen molar-refractivity contribution in [2.24, 2.45) is 0 Å². The van der Waals surface area contributed by atoms with Crippen LogP contribution in [-0.2, 0) is 6.54 Å². The Morgan fingerprint density at radius 2 is 2.27 bits per heavy atom. The second-order valence-corrected chi connectivity index (χ2v) is 3.46. The lowest BCUT2D eigenvalue weighted by Crippen LogP contribution is -2.16. The maximum absolute atomic E-state index is 11.6. The van der Waals surface area contributed by atoms with Gasteiger partial charge in [-0.15, -0.1) is 0 Å². The van der Waals surface area contributed by atoms with Crippen molar-refractivity contribution in [2.45, 2.75) is 19.9 Å². The average Bonchev–Trinajstić information content (AvgIpc) is 2.55. The summed E-state index contributed by atoms with van der Waals surface area (Å²) in [5, 5.41) is 0. The Labute approximate surface area is 87.5 Å². The number of aromatic nitrogens is 2. The molecule has 2 aromatic rings. The number of hydrogen-bond donors (Lipinski definition) is 1. The number of methoxy groups -OCH3 is 1. The molecule has 1 aromatic heterocycles.